The van der Waals surface area contributed by atoms with Crippen LogP contribution in [0.4, 0.5) is 5.69 Å². The minimum absolute atomic E-state index is 0.0488. The maximum Gasteiger partial charge on any atom is 0.0845 e. The molecule has 7 nitrogen and oxygen atoms in total. The number of aliphatic imine (C=N–C) groups is 4. The molecule has 2 aromatic heterocycles. The molecule has 1 unspecified atom stereocenters. The molecule has 224 valence electrons. The highest BCUT2D eigenvalue weighted by Gasteiger charge is 2.15. The fourth-order valence-electron chi connectivity index (χ4n) is 5.23. The van der Waals surface area contributed by atoms with Crippen molar-refractivity contribution in [2.24, 2.45) is 20.0 Å². The second kappa shape index (κ2) is 14.1. The van der Waals surface area contributed by atoms with Gasteiger partial charge >= 0.3 is 0 Å². The van der Waals surface area contributed by atoms with Gasteiger partial charge in [-0.15, -0.1) is 0 Å². The van der Waals surface area contributed by atoms with Gasteiger partial charge in [-0.1, -0.05) is 54.1 Å². The molecule has 44 heavy (non-hydrogen) atoms. The molecule has 0 aliphatic carbocycles. The van der Waals surface area contributed by atoms with Crippen LogP contribution >= 0.6 is 0 Å². The van der Waals surface area contributed by atoms with E-state index in [2.05, 4.69) is 43.3 Å². The van der Waals surface area contributed by atoms with E-state index in [9.17, 15) is 0 Å². The molecule has 0 spiro atoms. The van der Waals surface area contributed by atoms with Crippen molar-refractivity contribution >= 4 is 28.5 Å². The number of nitrogen functional groups attached to an aromatic ring is 1. The fraction of sp³-hybridized carbons (Fsp3) is 0.297. The minimum atomic E-state index is -0.0818. The number of benzene rings is 2. The number of fused-ring (bicyclic) bond motifs is 4. The number of nitrogens with zero attached hydrogens (tertiary/aromatic N) is 6. The molecule has 2 N–H and O–H groups in total. The Balaban J connectivity index is 1.55. The Hall–Kier alpha value is -4.78. The third-order valence-corrected chi connectivity index (χ3v) is 7.85. The van der Waals surface area contributed by atoms with Crippen molar-refractivity contribution in [1.29, 1.82) is 0 Å². The van der Waals surface area contributed by atoms with E-state index in [4.69, 9.17) is 35.7 Å². The van der Waals surface area contributed by atoms with Crippen LogP contribution in [0, 0.1) is 6.92 Å². The molecule has 1 aliphatic rings. The van der Waals surface area contributed by atoms with Gasteiger partial charge in [-0.05, 0) is 95.0 Å². The predicted molar refractivity (Wildman–Crippen MR) is 184 cm³/mol. The first kappa shape index (κ1) is 30.7. The lowest BCUT2D eigenvalue weighted by Gasteiger charge is -2.15. The topological polar surface area (TPSA) is 101 Å². The number of hydrogen-bond donors (Lipinski definition) is 1. The second-order valence-electron chi connectivity index (χ2n) is 11.5. The molecule has 2 aromatic carbocycles. The van der Waals surface area contributed by atoms with Gasteiger partial charge in [-0.2, -0.15) is 0 Å². The van der Waals surface area contributed by atoms with Gasteiger partial charge in [0.15, 0.2) is 0 Å². The first-order chi connectivity index (χ1) is 21.2. The molecule has 1 aliphatic heterocycles. The van der Waals surface area contributed by atoms with Crippen molar-refractivity contribution in [3.63, 3.8) is 0 Å². The fourth-order valence-corrected chi connectivity index (χ4v) is 5.23. The van der Waals surface area contributed by atoms with Crippen molar-refractivity contribution < 1.29 is 0 Å². The summed E-state index contributed by atoms with van der Waals surface area (Å²) in [5.74, 6) is 0. The molecular formula is C37H41N7. The first-order valence-corrected chi connectivity index (χ1v) is 15.2. The van der Waals surface area contributed by atoms with Gasteiger partial charge in [0, 0.05) is 5.69 Å². The Bertz CT molecular complexity index is 1580. The molecule has 0 saturated carbocycles. The van der Waals surface area contributed by atoms with Crippen LogP contribution in [0.15, 0.2) is 105 Å². The number of rotatable bonds is 4. The lowest BCUT2D eigenvalue weighted by atomic mass is 10.0. The van der Waals surface area contributed by atoms with E-state index in [0.29, 0.717) is 13.1 Å². The second-order valence-corrected chi connectivity index (χ2v) is 11.5. The summed E-state index contributed by atoms with van der Waals surface area (Å²) >= 11 is 0. The smallest absolute Gasteiger partial charge is 0.0845 e. The quantitative estimate of drug-likeness (QED) is 0.276. The van der Waals surface area contributed by atoms with E-state index < -0.39 is 0 Å². The monoisotopic (exact) mass is 583 g/mol. The van der Waals surface area contributed by atoms with Crippen LogP contribution in [0.5, 0.6) is 0 Å². The van der Waals surface area contributed by atoms with Crippen LogP contribution in [-0.4, -0.2) is 58.0 Å². The van der Waals surface area contributed by atoms with E-state index >= 15 is 0 Å². The normalized spacial score (nSPS) is 22.6. The maximum absolute atomic E-state index is 5.94. The summed E-state index contributed by atoms with van der Waals surface area (Å²) in [5, 5.41) is 0. The van der Waals surface area contributed by atoms with E-state index in [1.807, 2.05) is 76.2 Å². The van der Waals surface area contributed by atoms with Crippen molar-refractivity contribution in [2.45, 2.75) is 59.5 Å². The molecule has 0 fully saturated rings. The molecule has 0 radical (unpaired) electrons. The van der Waals surface area contributed by atoms with E-state index in [0.717, 1.165) is 69.7 Å². The molecule has 7 heteroatoms. The van der Waals surface area contributed by atoms with Gasteiger partial charge in [0.25, 0.3) is 0 Å². The summed E-state index contributed by atoms with van der Waals surface area (Å²) in [5.41, 5.74) is 17.2. The molecule has 4 bridgehead atoms. The number of pyridine rings is 2. The summed E-state index contributed by atoms with van der Waals surface area (Å²) < 4.78 is 0. The van der Waals surface area contributed by atoms with Crippen molar-refractivity contribution in [1.82, 2.24) is 9.97 Å². The Morgan fingerprint density at radius 3 is 1.34 bits per heavy atom. The highest BCUT2D eigenvalue weighted by atomic mass is 14.9. The van der Waals surface area contributed by atoms with Crippen molar-refractivity contribution in [2.75, 3.05) is 18.8 Å². The number of aromatic nitrogens is 2. The summed E-state index contributed by atoms with van der Waals surface area (Å²) in [4.78, 5) is 30.2. The zero-order valence-electron chi connectivity index (χ0n) is 26.3. The third-order valence-electron chi connectivity index (χ3n) is 7.85. The Morgan fingerprint density at radius 1 is 0.523 bits per heavy atom. The number of hydrogen-bond acceptors (Lipinski definition) is 7. The number of aryl methyl sites for hydroxylation is 1. The van der Waals surface area contributed by atoms with E-state index in [1.54, 1.807) is 0 Å². The maximum atomic E-state index is 5.94. The Labute approximate surface area is 260 Å². The zero-order valence-corrected chi connectivity index (χ0v) is 26.3. The van der Waals surface area contributed by atoms with Gasteiger partial charge in [-0.3, -0.25) is 20.0 Å². The average Bonchev–Trinajstić information content (AvgIpc) is 3.04. The standard InChI is InChI=1S/C37H41N7/c1-24-12-14-29(15-13-24)20-32-22-39-25(2)34-8-7-11-37(44-34)28(5)42-33(21-30-16-18-31(38)19-17-30)23-40-26(3)35-9-6-10-36(43-35)27(4)41-32/h6-19,32-33H,20-23,38H2,1-5H3/b39-25+,40-26+,41-27+,42-28+/t32-,33?/m0/s1. The van der Waals surface area contributed by atoms with Crippen LogP contribution in [0.3, 0.4) is 0 Å². The predicted octanol–water partition coefficient (Wildman–Crippen LogP) is 6.54. The van der Waals surface area contributed by atoms with Crippen molar-refractivity contribution in [3.8, 4) is 0 Å². The molecule has 0 amide bonds. The van der Waals surface area contributed by atoms with Crippen LogP contribution in [0.2, 0.25) is 0 Å². The summed E-state index contributed by atoms with van der Waals surface area (Å²) in [6.45, 7) is 11.2. The van der Waals surface area contributed by atoms with Crippen LogP contribution in [0.1, 0.15) is 67.2 Å². The first-order valence-electron chi connectivity index (χ1n) is 15.2. The Kier molecular flexibility index (Phi) is 9.85. The summed E-state index contributed by atoms with van der Waals surface area (Å²) in [6.07, 6.45) is 1.51. The van der Waals surface area contributed by atoms with E-state index in [-0.39, 0.29) is 12.1 Å². The zero-order chi connectivity index (χ0) is 31.1. The molecule has 4 aromatic rings. The lowest BCUT2D eigenvalue weighted by molar-refractivity contribution is 0.680. The van der Waals surface area contributed by atoms with Gasteiger partial charge in [0.1, 0.15) is 0 Å². The van der Waals surface area contributed by atoms with Crippen LogP contribution in [-0.2, 0) is 12.8 Å². The number of nitrogens with two attached hydrogens (primary N) is 1. The van der Waals surface area contributed by atoms with Gasteiger partial charge < -0.3 is 5.73 Å². The number of anilines is 1. The third kappa shape index (κ3) is 8.19. The summed E-state index contributed by atoms with van der Waals surface area (Å²) in [7, 11) is 0. The summed E-state index contributed by atoms with van der Waals surface area (Å²) in [6, 6.07) is 28.6. The lowest BCUT2D eigenvalue weighted by Crippen LogP contribution is -2.19. The van der Waals surface area contributed by atoms with E-state index in [1.165, 1.54) is 11.1 Å². The molecular weight excluding hydrogens is 542 g/mol. The Morgan fingerprint density at radius 2 is 0.909 bits per heavy atom. The average molecular weight is 584 g/mol. The highest BCUT2D eigenvalue weighted by molar-refractivity contribution is 6.02. The SMILES string of the molecule is C/C1=N\C[C@H](Cc2ccc(C)cc2)/N=C(\C)c2cccc(n2)/C(C)=N/CC(Cc2ccc(N)cc2)/N=C(\C)c2cccc1n2. The molecule has 3 heterocycles. The van der Waals surface area contributed by atoms with Gasteiger partial charge in [-0.25, -0.2) is 9.97 Å². The largest absolute Gasteiger partial charge is 0.399 e. The van der Waals surface area contributed by atoms with Gasteiger partial charge in [0.2, 0.25) is 0 Å². The van der Waals surface area contributed by atoms with Crippen LogP contribution < -0.4 is 5.73 Å². The van der Waals surface area contributed by atoms with Crippen LogP contribution in [0.25, 0.3) is 0 Å². The van der Waals surface area contributed by atoms with Gasteiger partial charge in [0.05, 0.1) is 70.8 Å². The minimum Gasteiger partial charge on any atom is -0.399 e. The van der Waals surface area contributed by atoms with Crippen molar-refractivity contribution in [3.05, 3.63) is 124 Å². The molecule has 5 rings (SSSR count). The highest BCUT2D eigenvalue weighted by Crippen LogP contribution is 2.15. The molecule has 2 atom stereocenters. The molecule has 0 saturated heterocycles.